The summed E-state index contributed by atoms with van der Waals surface area (Å²) >= 11 is 12.3. The van der Waals surface area contributed by atoms with Crippen LogP contribution in [0.15, 0.2) is 18.2 Å². The van der Waals surface area contributed by atoms with Crippen molar-refractivity contribution in [2.75, 3.05) is 45.9 Å². The molecule has 1 amide bonds. The molecule has 0 radical (unpaired) electrons. The maximum absolute atomic E-state index is 13.6. The van der Waals surface area contributed by atoms with E-state index in [9.17, 15) is 4.79 Å². The van der Waals surface area contributed by atoms with E-state index < -0.39 is 0 Å². The summed E-state index contributed by atoms with van der Waals surface area (Å²) in [5.74, 6) is 1.01. The molecule has 1 aliphatic carbocycles. The van der Waals surface area contributed by atoms with Crippen molar-refractivity contribution < 1.29 is 9.53 Å². The molecule has 0 aromatic heterocycles. The third kappa shape index (κ3) is 4.83. The van der Waals surface area contributed by atoms with Crippen molar-refractivity contribution in [2.45, 2.75) is 63.1 Å². The van der Waals surface area contributed by atoms with Crippen LogP contribution in [0, 0.1) is 5.92 Å². The summed E-state index contributed by atoms with van der Waals surface area (Å²) in [4.78, 5) is 21.0. The Kier molecular flexibility index (Phi) is 7.30. The van der Waals surface area contributed by atoms with E-state index in [2.05, 4.69) is 14.7 Å². The van der Waals surface area contributed by atoms with Crippen molar-refractivity contribution in [3.63, 3.8) is 0 Å². The maximum atomic E-state index is 13.6. The third-order valence-corrected chi connectivity index (χ3v) is 8.80. The first-order valence-electron chi connectivity index (χ1n) is 12.4. The standard InChI is InChI=1S/C25H35Cl2N3O2/c26-20-8-7-19(13-21(20)27)14-24(31)30-12-11-29(15-18-5-1-2-6-18)23-17-32-16-22(25(23)30)28-9-3-4-10-28/h7-8,13,18,22-23,25H,1-6,9-12,14-17H2/t22-,23+,25+/m0/s1. The number of amides is 1. The highest BCUT2D eigenvalue weighted by Gasteiger charge is 2.48. The number of ether oxygens (including phenoxy) is 1. The van der Waals surface area contributed by atoms with Crippen molar-refractivity contribution in [1.29, 1.82) is 0 Å². The second-order valence-corrected chi connectivity index (χ2v) is 10.9. The van der Waals surface area contributed by atoms with E-state index in [1.54, 1.807) is 6.07 Å². The molecule has 0 N–H and O–H groups in total. The van der Waals surface area contributed by atoms with Gasteiger partial charge in [0.25, 0.3) is 0 Å². The van der Waals surface area contributed by atoms with Gasteiger partial charge in [-0.1, -0.05) is 42.1 Å². The molecule has 3 aliphatic heterocycles. The van der Waals surface area contributed by atoms with Crippen LogP contribution in [0.3, 0.4) is 0 Å². The molecule has 3 saturated heterocycles. The Balaban J connectivity index is 1.36. The molecule has 7 heteroatoms. The molecule has 3 atom stereocenters. The summed E-state index contributed by atoms with van der Waals surface area (Å²) in [6, 6.07) is 6.32. The van der Waals surface area contributed by atoms with Crippen LogP contribution in [0.5, 0.6) is 0 Å². The summed E-state index contributed by atoms with van der Waals surface area (Å²) in [5, 5.41) is 1.04. The van der Waals surface area contributed by atoms with Crippen LogP contribution in [-0.2, 0) is 16.0 Å². The molecule has 1 aromatic rings. The van der Waals surface area contributed by atoms with Gasteiger partial charge in [0.1, 0.15) is 0 Å². The summed E-state index contributed by atoms with van der Waals surface area (Å²) in [7, 11) is 0. The molecule has 1 aromatic carbocycles. The number of piperazine rings is 1. The molecular formula is C25H35Cl2N3O2. The number of carbonyl (C=O) groups is 1. The van der Waals surface area contributed by atoms with Crippen molar-refractivity contribution in [3.05, 3.63) is 33.8 Å². The Hall–Kier alpha value is -0.850. The van der Waals surface area contributed by atoms with Crippen LogP contribution in [0.4, 0.5) is 0 Å². The normalized spacial score (nSPS) is 30.1. The molecule has 1 saturated carbocycles. The highest BCUT2D eigenvalue weighted by molar-refractivity contribution is 6.42. The summed E-state index contributed by atoms with van der Waals surface area (Å²) in [5.41, 5.74) is 0.930. The Morgan fingerprint density at radius 1 is 0.938 bits per heavy atom. The largest absolute Gasteiger partial charge is 0.378 e. The first kappa shape index (κ1) is 22.9. The molecule has 4 aliphatic rings. The second kappa shape index (κ2) is 10.2. The highest BCUT2D eigenvalue weighted by atomic mass is 35.5. The maximum Gasteiger partial charge on any atom is 0.227 e. The summed E-state index contributed by atoms with van der Waals surface area (Å²) in [6.07, 6.45) is 8.31. The molecule has 0 unspecified atom stereocenters. The van der Waals surface area contributed by atoms with E-state index in [0.717, 1.165) is 57.4 Å². The zero-order valence-corrected chi connectivity index (χ0v) is 20.4. The van der Waals surface area contributed by atoms with E-state index in [-0.39, 0.29) is 11.9 Å². The quantitative estimate of drug-likeness (QED) is 0.636. The average Bonchev–Trinajstić information content (AvgIpc) is 3.50. The monoisotopic (exact) mass is 479 g/mol. The van der Waals surface area contributed by atoms with Crippen LogP contribution in [-0.4, -0.2) is 84.7 Å². The minimum Gasteiger partial charge on any atom is -0.378 e. The number of halogens is 2. The molecular weight excluding hydrogens is 445 g/mol. The van der Waals surface area contributed by atoms with Gasteiger partial charge in [-0.15, -0.1) is 0 Å². The first-order valence-corrected chi connectivity index (χ1v) is 13.1. The number of hydrogen-bond acceptors (Lipinski definition) is 4. The lowest BCUT2D eigenvalue weighted by molar-refractivity contribution is -0.153. The lowest BCUT2D eigenvalue weighted by Crippen LogP contribution is -2.71. The van der Waals surface area contributed by atoms with Crippen LogP contribution >= 0.6 is 23.2 Å². The number of benzene rings is 1. The van der Waals surface area contributed by atoms with Gasteiger partial charge in [-0.3, -0.25) is 14.6 Å². The van der Waals surface area contributed by atoms with Gasteiger partial charge in [0, 0.05) is 19.6 Å². The predicted molar refractivity (Wildman–Crippen MR) is 128 cm³/mol. The van der Waals surface area contributed by atoms with Gasteiger partial charge in [-0.25, -0.2) is 0 Å². The van der Waals surface area contributed by atoms with Gasteiger partial charge in [0.2, 0.25) is 5.91 Å². The van der Waals surface area contributed by atoms with Gasteiger partial charge in [-0.05, 0) is 62.4 Å². The molecule has 5 nitrogen and oxygen atoms in total. The number of nitrogens with zero attached hydrogens (tertiary/aromatic N) is 3. The van der Waals surface area contributed by atoms with Gasteiger partial charge < -0.3 is 9.64 Å². The predicted octanol–water partition coefficient (Wildman–Crippen LogP) is 4.10. The molecule has 176 valence electrons. The summed E-state index contributed by atoms with van der Waals surface area (Å²) < 4.78 is 6.18. The fraction of sp³-hybridized carbons (Fsp3) is 0.720. The van der Waals surface area contributed by atoms with Crippen molar-refractivity contribution in [1.82, 2.24) is 14.7 Å². The molecule has 4 fully saturated rings. The zero-order valence-electron chi connectivity index (χ0n) is 18.9. The zero-order chi connectivity index (χ0) is 22.1. The van der Waals surface area contributed by atoms with Gasteiger partial charge >= 0.3 is 0 Å². The first-order chi connectivity index (χ1) is 15.6. The van der Waals surface area contributed by atoms with Crippen LogP contribution in [0.1, 0.15) is 44.1 Å². The number of carbonyl (C=O) groups excluding carboxylic acids is 1. The van der Waals surface area contributed by atoms with E-state index in [1.807, 2.05) is 12.1 Å². The van der Waals surface area contributed by atoms with Crippen LogP contribution in [0.25, 0.3) is 0 Å². The lowest BCUT2D eigenvalue weighted by atomic mass is 9.90. The Morgan fingerprint density at radius 3 is 2.44 bits per heavy atom. The molecule has 32 heavy (non-hydrogen) atoms. The van der Waals surface area contributed by atoms with Crippen molar-refractivity contribution >= 4 is 29.1 Å². The van der Waals surface area contributed by atoms with E-state index in [1.165, 1.54) is 38.5 Å². The van der Waals surface area contributed by atoms with Gasteiger partial charge in [0.15, 0.2) is 0 Å². The van der Waals surface area contributed by atoms with E-state index in [4.69, 9.17) is 27.9 Å². The van der Waals surface area contributed by atoms with Crippen LogP contribution < -0.4 is 0 Å². The average molecular weight is 480 g/mol. The summed E-state index contributed by atoms with van der Waals surface area (Å²) in [6.45, 7) is 6.61. The Labute approximate surface area is 202 Å². The molecule has 3 heterocycles. The molecule has 0 bridgehead atoms. The second-order valence-electron chi connectivity index (χ2n) is 10.1. The Bertz CT molecular complexity index is 810. The number of fused-ring (bicyclic) bond motifs is 1. The van der Waals surface area contributed by atoms with E-state index >= 15 is 0 Å². The smallest absolute Gasteiger partial charge is 0.227 e. The van der Waals surface area contributed by atoms with Crippen LogP contribution in [0.2, 0.25) is 10.0 Å². The SMILES string of the molecule is O=C(Cc1ccc(Cl)c(Cl)c1)N1CCN(CC2CCCC2)[C@@H]2COC[C@H](N3CCCC3)[C@H]21. The number of likely N-dealkylation sites (tertiary alicyclic amines) is 1. The number of hydrogen-bond donors (Lipinski definition) is 0. The third-order valence-electron chi connectivity index (χ3n) is 8.06. The molecule has 5 rings (SSSR count). The lowest BCUT2D eigenvalue weighted by Gasteiger charge is -2.54. The Morgan fingerprint density at radius 2 is 1.69 bits per heavy atom. The minimum atomic E-state index is 0.199. The number of rotatable bonds is 5. The minimum absolute atomic E-state index is 0.199. The van der Waals surface area contributed by atoms with Gasteiger partial charge in [-0.2, -0.15) is 0 Å². The van der Waals surface area contributed by atoms with E-state index in [0.29, 0.717) is 28.5 Å². The molecule has 0 spiro atoms. The van der Waals surface area contributed by atoms with Crippen molar-refractivity contribution in [2.24, 2.45) is 5.92 Å². The highest BCUT2D eigenvalue weighted by Crippen LogP contribution is 2.33. The fourth-order valence-electron chi connectivity index (χ4n) is 6.41. The topological polar surface area (TPSA) is 36.0 Å². The van der Waals surface area contributed by atoms with Crippen molar-refractivity contribution in [3.8, 4) is 0 Å². The fourth-order valence-corrected chi connectivity index (χ4v) is 6.73. The van der Waals surface area contributed by atoms with Gasteiger partial charge in [0.05, 0.1) is 47.8 Å².